The summed E-state index contributed by atoms with van der Waals surface area (Å²) in [7, 11) is -2.01. The number of fused-ring (bicyclic) bond motifs is 1. The highest BCUT2D eigenvalue weighted by Gasteiger charge is 2.20. The Morgan fingerprint density at radius 1 is 1.16 bits per heavy atom. The highest BCUT2D eigenvalue weighted by molar-refractivity contribution is 7.92. The van der Waals surface area contributed by atoms with Crippen LogP contribution in [0.2, 0.25) is 0 Å². The Morgan fingerprint density at radius 3 is 2.76 bits per heavy atom. The standard InChI is InChI=1S/C17H19N5O2S/c1-21-11-17(18-12-21)25(23,24)20-14-7-3-2-6-13(14)15-10-22-9-5-4-8-16(22)19-15/h2-3,6-7,10-12,20H,4-5,8-9H2,1H3. The molecule has 1 aliphatic rings. The molecule has 130 valence electrons. The molecule has 1 N–H and O–H groups in total. The van der Waals surface area contributed by atoms with Crippen LogP contribution in [0, 0.1) is 0 Å². The number of sulfonamides is 1. The molecule has 0 unspecified atom stereocenters. The van der Waals surface area contributed by atoms with Gasteiger partial charge in [0.1, 0.15) is 5.82 Å². The molecule has 7 nitrogen and oxygen atoms in total. The smallest absolute Gasteiger partial charge is 0.280 e. The lowest BCUT2D eigenvalue weighted by atomic mass is 10.1. The lowest BCUT2D eigenvalue weighted by molar-refractivity contribution is 0.522. The lowest BCUT2D eigenvalue weighted by Gasteiger charge is -2.11. The van der Waals surface area contributed by atoms with Gasteiger partial charge in [-0.15, -0.1) is 0 Å². The number of benzene rings is 1. The second kappa shape index (κ2) is 6.03. The second-order valence-corrected chi connectivity index (χ2v) is 7.85. The van der Waals surface area contributed by atoms with Crippen LogP contribution in [0.1, 0.15) is 18.7 Å². The maximum absolute atomic E-state index is 12.6. The van der Waals surface area contributed by atoms with E-state index >= 15 is 0 Å². The summed E-state index contributed by atoms with van der Waals surface area (Å²) >= 11 is 0. The molecule has 0 atom stereocenters. The van der Waals surface area contributed by atoms with Crippen molar-refractivity contribution in [1.82, 2.24) is 19.1 Å². The first-order valence-electron chi connectivity index (χ1n) is 8.19. The molecule has 4 rings (SSSR count). The van der Waals surface area contributed by atoms with Gasteiger partial charge < -0.3 is 9.13 Å². The van der Waals surface area contributed by atoms with Crippen molar-refractivity contribution >= 4 is 15.7 Å². The average molecular weight is 357 g/mol. The first-order chi connectivity index (χ1) is 12.0. The predicted molar refractivity (Wildman–Crippen MR) is 94.6 cm³/mol. The molecule has 1 aromatic carbocycles. The molecule has 0 amide bonds. The summed E-state index contributed by atoms with van der Waals surface area (Å²) in [4.78, 5) is 8.63. The van der Waals surface area contributed by atoms with E-state index in [-0.39, 0.29) is 5.03 Å². The van der Waals surface area contributed by atoms with Gasteiger partial charge in [-0.2, -0.15) is 8.42 Å². The van der Waals surface area contributed by atoms with Crippen molar-refractivity contribution in [2.75, 3.05) is 4.72 Å². The van der Waals surface area contributed by atoms with Gasteiger partial charge in [-0.25, -0.2) is 9.97 Å². The summed E-state index contributed by atoms with van der Waals surface area (Å²) in [5.41, 5.74) is 2.06. The zero-order valence-electron chi connectivity index (χ0n) is 13.9. The molecule has 0 radical (unpaired) electrons. The van der Waals surface area contributed by atoms with Gasteiger partial charge in [-0.3, -0.25) is 4.72 Å². The predicted octanol–water partition coefficient (Wildman–Crippen LogP) is 2.42. The monoisotopic (exact) mass is 357 g/mol. The Kier molecular flexibility index (Phi) is 3.84. The molecule has 8 heteroatoms. The van der Waals surface area contributed by atoms with Crippen LogP contribution in [0.4, 0.5) is 5.69 Å². The maximum atomic E-state index is 12.6. The van der Waals surface area contributed by atoms with Crippen molar-refractivity contribution in [3.8, 4) is 11.3 Å². The summed E-state index contributed by atoms with van der Waals surface area (Å²) in [6, 6.07) is 7.31. The van der Waals surface area contributed by atoms with E-state index < -0.39 is 10.0 Å². The van der Waals surface area contributed by atoms with Crippen LogP contribution in [0.25, 0.3) is 11.3 Å². The topological polar surface area (TPSA) is 81.8 Å². The van der Waals surface area contributed by atoms with Crippen LogP contribution >= 0.6 is 0 Å². The number of nitrogens with zero attached hydrogens (tertiary/aromatic N) is 4. The minimum atomic E-state index is -3.74. The Bertz CT molecular complexity index is 996. The van der Waals surface area contributed by atoms with Gasteiger partial charge in [0.25, 0.3) is 10.0 Å². The molecule has 0 saturated heterocycles. The SMILES string of the molecule is Cn1cnc(S(=O)(=O)Nc2ccccc2-c2cn3c(n2)CCCC3)c1. The van der Waals surface area contributed by atoms with E-state index in [9.17, 15) is 8.42 Å². The number of hydrogen-bond acceptors (Lipinski definition) is 4. The van der Waals surface area contributed by atoms with Gasteiger partial charge in [0.05, 0.1) is 17.7 Å². The van der Waals surface area contributed by atoms with Crippen molar-refractivity contribution in [3.05, 3.63) is 48.8 Å². The fraction of sp³-hybridized carbons (Fsp3) is 0.294. The number of aryl methyl sites for hydroxylation is 3. The summed E-state index contributed by atoms with van der Waals surface area (Å²) in [6.07, 6.45) is 8.19. The number of rotatable bonds is 4. The largest absolute Gasteiger partial charge is 0.339 e. The Morgan fingerprint density at radius 2 is 2.00 bits per heavy atom. The second-order valence-electron chi connectivity index (χ2n) is 6.22. The number of anilines is 1. The fourth-order valence-electron chi connectivity index (χ4n) is 3.06. The number of nitrogens with one attached hydrogen (secondary N) is 1. The van der Waals surface area contributed by atoms with Gasteiger partial charge in [-0.05, 0) is 18.9 Å². The molecule has 0 fully saturated rings. The van der Waals surface area contributed by atoms with Crippen molar-refractivity contribution in [1.29, 1.82) is 0 Å². The Balaban J connectivity index is 1.71. The minimum Gasteiger partial charge on any atom is -0.339 e. The van der Waals surface area contributed by atoms with Crippen LogP contribution < -0.4 is 4.72 Å². The maximum Gasteiger partial charge on any atom is 0.280 e. The van der Waals surface area contributed by atoms with E-state index in [2.05, 4.69) is 14.3 Å². The van der Waals surface area contributed by atoms with Crippen LogP contribution in [0.3, 0.4) is 0 Å². The molecule has 0 spiro atoms. The third kappa shape index (κ3) is 3.05. The summed E-state index contributed by atoms with van der Waals surface area (Å²) in [5, 5.41) is -0.00561. The van der Waals surface area contributed by atoms with E-state index in [0.29, 0.717) is 5.69 Å². The van der Waals surface area contributed by atoms with Gasteiger partial charge in [0.2, 0.25) is 0 Å². The van der Waals surface area contributed by atoms with E-state index in [4.69, 9.17) is 4.98 Å². The first-order valence-corrected chi connectivity index (χ1v) is 9.67. The normalized spacial score (nSPS) is 14.3. The van der Waals surface area contributed by atoms with E-state index in [1.807, 2.05) is 18.3 Å². The number of hydrogen-bond donors (Lipinski definition) is 1. The van der Waals surface area contributed by atoms with E-state index in [1.54, 1.807) is 23.7 Å². The molecule has 0 bridgehead atoms. The zero-order valence-corrected chi connectivity index (χ0v) is 14.7. The average Bonchev–Trinajstić information content (AvgIpc) is 3.21. The van der Waals surface area contributed by atoms with Crippen molar-refractivity contribution < 1.29 is 8.42 Å². The van der Waals surface area contributed by atoms with Gasteiger partial charge in [-0.1, -0.05) is 18.2 Å². The van der Waals surface area contributed by atoms with Gasteiger partial charge >= 0.3 is 0 Å². The summed E-state index contributed by atoms with van der Waals surface area (Å²) < 4.78 is 31.6. The van der Waals surface area contributed by atoms with Gasteiger partial charge in [0, 0.05) is 38.0 Å². The quantitative estimate of drug-likeness (QED) is 0.777. The summed E-state index contributed by atoms with van der Waals surface area (Å²) in [6.45, 7) is 0.962. The summed E-state index contributed by atoms with van der Waals surface area (Å²) in [5.74, 6) is 1.06. The molecular weight excluding hydrogens is 338 g/mol. The van der Waals surface area contributed by atoms with E-state index in [1.165, 1.54) is 12.5 Å². The van der Waals surface area contributed by atoms with Crippen molar-refractivity contribution in [3.63, 3.8) is 0 Å². The van der Waals surface area contributed by atoms with Crippen LogP contribution in [0.15, 0.2) is 48.0 Å². The lowest BCUT2D eigenvalue weighted by Crippen LogP contribution is -2.14. The molecule has 3 heterocycles. The highest BCUT2D eigenvalue weighted by atomic mass is 32.2. The molecule has 0 saturated carbocycles. The third-order valence-electron chi connectivity index (χ3n) is 4.31. The molecule has 3 aromatic rings. The van der Waals surface area contributed by atoms with Crippen LogP contribution in [0.5, 0.6) is 0 Å². The van der Waals surface area contributed by atoms with Crippen molar-refractivity contribution in [2.24, 2.45) is 7.05 Å². The third-order valence-corrected chi connectivity index (χ3v) is 5.56. The van der Waals surface area contributed by atoms with Gasteiger partial charge in [0.15, 0.2) is 5.03 Å². The molecule has 1 aliphatic heterocycles. The van der Waals surface area contributed by atoms with E-state index in [0.717, 1.165) is 42.9 Å². The molecule has 2 aromatic heterocycles. The number of imidazole rings is 2. The van der Waals surface area contributed by atoms with Crippen LogP contribution in [-0.2, 0) is 30.0 Å². The first kappa shape index (κ1) is 15.9. The minimum absolute atomic E-state index is 0.00561. The Hall–Kier alpha value is -2.61. The molecular formula is C17H19N5O2S. The Labute approximate surface area is 146 Å². The fourth-order valence-corrected chi connectivity index (χ4v) is 4.13. The number of aromatic nitrogens is 4. The number of para-hydroxylation sites is 1. The van der Waals surface area contributed by atoms with Crippen LogP contribution in [-0.4, -0.2) is 27.5 Å². The molecule has 0 aliphatic carbocycles. The zero-order chi connectivity index (χ0) is 17.4. The molecule has 25 heavy (non-hydrogen) atoms. The van der Waals surface area contributed by atoms with Crippen molar-refractivity contribution in [2.45, 2.75) is 30.8 Å². The highest BCUT2D eigenvalue weighted by Crippen LogP contribution is 2.30.